The number of methoxy groups -OCH3 is 1. The van der Waals surface area contributed by atoms with Crippen LogP contribution in [0.3, 0.4) is 0 Å². The minimum atomic E-state index is 0.0448. The van der Waals surface area contributed by atoms with E-state index in [0.717, 1.165) is 53.2 Å². The number of fused-ring (bicyclic) bond motifs is 1. The molecule has 3 aromatic rings. The maximum absolute atomic E-state index is 13.0. The molecule has 5 nitrogen and oxygen atoms in total. The van der Waals surface area contributed by atoms with Crippen molar-refractivity contribution in [1.29, 1.82) is 0 Å². The lowest BCUT2D eigenvalue weighted by atomic mass is 10.1. The van der Waals surface area contributed by atoms with E-state index in [1.165, 1.54) is 24.2 Å². The Morgan fingerprint density at radius 3 is 2.44 bits per heavy atom. The summed E-state index contributed by atoms with van der Waals surface area (Å²) in [7, 11) is 1.65. The third-order valence-electron chi connectivity index (χ3n) is 5.07. The van der Waals surface area contributed by atoms with Crippen LogP contribution in [0, 0.1) is 0 Å². The molecule has 1 aliphatic heterocycles. The Balaban J connectivity index is 1.67. The summed E-state index contributed by atoms with van der Waals surface area (Å²) < 4.78 is 5.21. The van der Waals surface area contributed by atoms with Gasteiger partial charge in [-0.25, -0.2) is 4.98 Å². The molecule has 4 rings (SSSR count). The summed E-state index contributed by atoms with van der Waals surface area (Å²) in [6, 6.07) is 11.7. The van der Waals surface area contributed by atoms with Gasteiger partial charge in [-0.15, -0.1) is 11.3 Å². The highest BCUT2D eigenvalue weighted by molar-refractivity contribution is 7.21. The summed E-state index contributed by atoms with van der Waals surface area (Å²) in [4.78, 5) is 21.1. The zero-order valence-corrected chi connectivity index (χ0v) is 16.2. The molecule has 6 heteroatoms. The van der Waals surface area contributed by atoms with E-state index in [4.69, 9.17) is 15.5 Å². The molecule has 0 atom stereocenters. The standard InChI is InChI=1S/C21H23N3O2S/c1-26-15-8-6-14(7-9-15)17-11-10-16-18(22)19(27-20(16)23-17)21(25)24-12-4-2-3-5-13-24/h6-11H,2-5,12-13,22H2,1H3. The Labute approximate surface area is 162 Å². The number of hydrogen-bond donors (Lipinski definition) is 1. The highest BCUT2D eigenvalue weighted by atomic mass is 32.1. The molecule has 3 heterocycles. The molecule has 1 fully saturated rings. The Hall–Kier alpha value is -2.60. The van der Waals surface area contributed by atoms with Crippen LogP contribution in [0.1, 0.15) is 35.4 Å². The molecule has 0 unspecified atom stereocenters. The average molecular weight is 382 g/mol. The number of ether oxygens (including phenoxy) is 1. The normalized spacial score (nSPS) is 14.9. The van der Waals surface area contributed by atoms with Crippen LogP contribution >= 0.6 is 11.3 Å². The van der Waals surface area contributed by atoms with Crippen molar-refractivity contribution in [2.24, 2.45) is 0 Å². The SMILES string of the molecule is COc1ccc(-c2ccc3c(N)c(C(=O)N4CCCCCC4)sc3n2)cc1. The van der Waals surface area contributed by atoms with Crippen molar-refractivity contribution >= 4 is 33.1 Å². The fraction of sp³-hybridized carbons (Fsp3) is 0.333. The van der Waals surface area contributed by atoms with E-state index in [1.807, 2.05) is 41.3 Å². The summed E-state index contributed by atoms with van der Waals surface area (Å²) in [5, 5.41) is 0.857. The Morgan fingerprint density at radius 1 is 1.07 bits per heavy atom. The summed E-state index contributed by atoms with van der Waals surface area (Å²) in [6.45, 7) is 1.63. The number of aromatic nitrogens is 1. The van der Waals surface area contributed by atoms with Crippen molar-refractivity contribution in [3.05, 3.63) is 41.3 Å². The molecule has 0 bridgehead atoms. The predicted octanol–water partition coefficient (Wildman–Crippen LogP) is 4.57. The van der Waals surface area contributed by atoms with Gasteiger partial charge in [0.1, 0.15) is 15.5 Å². The van der Waals surface area contributed by atoms with Gasteiger partial charge < -0.3 is 15.4 Å². The number of nitrogen functional groups attached to an aromatic ring is 1. The van der Waals surface area contributed by atoms with Crippen molar-refractivity contribution in [2.75, 3.05) is 25.9 Å². The van der Waals surface area contributed by atoms with Crippen LogP contribution in [0.15, 0.2) is 36.4 Å². The third-order valence-corrected chi connectivity index (χ3v) is 6.17. The lowest BCUT2D eigenvalue weighted by Crippen LogP contribution is -2.31. The molecule has 1 aliphatic rings. The quantitative estimate of drug-likeness (QED) is 0.721. The highest BCUT2D eigenvalue weighted by Gasteiger charge is 2.23. The summed E-state index contributed by atoms with van der Waals surface area (Å²) in [6.07, 6.45) is 4.52. The molecule has 140 valence electrons. The van der Waals surface area contributed by atoms with Gasteiger partial charge in [-0.05, 0) is 49.2 Å². The summed E-state index contributed by atoms with van der Waals surface area (Å²) in [5.41, 5.74) is 8.74. The predicted molar refractivity (Wildman–Crippen MR) is 110 cm³/mol. The van der Waals surface area contributed by atoms with Gasteiger partial charge >= 0.3 is 0 Å². The number of rotatable bonds is 3. The molecule has 2 aromatic heterocycles. The minimum absolute atomic E-state index is 0.0448. The average Bonchev–Trinajstić information content (AvgIpc) is 2.88. The number of carbonyl (C=O) groups excluding carboxylic acids is 1. The van der Waals surface area contributed by atoms with Crippen LogP contribution < -0.4 is 10.5 Å². The van der Waals surface area contributed by atoms with Gasteiger partial charge in [0.15, 0.2) is 0 Å². The van der Waals surface area contributed by atoms with Crippen LogP contribution in [0.5, 0.6) is 5.75 Å². The zero-order valence-electron chi connectivity index (χ0n) is 15.4. The summed E-state index contributed by atoms with van der Waals surface area (Å²) >= 11 is 1.40. The molecule has 1 aromatic carbocycles. The largest absolute Gasteiger partial charge is 0.497 e. The summed E-state index contributed by atoms with van der Waals surface area (Å²) in [5.74, 6) is 0.855. The van der Waals surface area contributed by atoms with E-state index in [9.17, 15) is 4.79 Å². The van der Waals surface area contributed by atoms with Crippen molar-refractivity contribution in [2.45, 2.75) is 25.7 Å². The molecule has 1 amide bonds. The molecular formula is C21H23N3O2S. The van der Waals surface area contributed by atoms with Gasteiger partial charge in [0, 0.05) is 24.0 Å². The number of amides is 1. The van der Waals surface area contributed by atoms with Crippen molar-refractivity contribution in [3.63, 3.8) is 0 Å². The van der Waals surface area contributed by atoms with Crippen LogP contribution in [-0.4, -0.2) is 36.0 Å². The first-order chi connectivity index (χ1) is 13.2. The van der Waals surface area contributed by atoms with Crippen LogP contribution in [0.2, 0.25) is 0 Å². The third kappa shape index (κ3) is 3.49. The van der Waals surface area contributed by atoms with Crippen LogP contribution in [-0.2, 0) is 0 Å². The lowest BCUT2D eigenvalue weighted by Gasteiger charge is -2.19. The minimum Gasteiger partial charge on any atom is -0.497 e. The first-order valence-electron chi connectivity index (χ1n) is 9.30. The molecule has 1 saturated heterocycles. The fourth-order valence-corrected chi connectivity index (χ4v) is 4.56. The van der Waals surface area contributed by atoms with E-state index in [-0.39, 0.29) is 5.91 Å². The number of nitrogens with zero attached hydrogens (tertiary/aromatic N) is 2. The smallest absolute Gasteiger partial charge is 0.266 e. The highest BCUT2D eigenvalue weighted by Crippen LogP contribution is 2.35. The van der Waals surface area contributed by atoms with E-state index < -0.39 is 0 Å². The first-order valence-corrected chi connectivity index (χ1v) is 10.1. The molecule has 0 aliphatic carbocycles. The molecular weight excluding hydrogens is 358 g/mol. The molecule has 0 spiro atoms. The Kier molecular flexibility index (Phi) is 4.99. The molecule has 2 N–H and O–H groups in total. The van der Waals surface area contributed by atoms with Gasteiger partial charge in [-0.1, -0.05) is 12.8 Å². The monoisotopic (exact) mass is 381 g/mol. The van der Waals surface area contributed by atoms with Crippen LogP contribution in [0.4, 0.5) is 5.69 Å². The number of likely N-dealkylation sites (tertiary alicyclic amines) is 1. The Morgan fingerprint density at radius 2 is 1.78 bits per heavy atom. The number of nitrogens with two attached hydrogens (primary N) is 1. The van der Waals surface area contributed by atoms with E-state index in [1.54, 1.807) is 7.11 Å². The van der Waals surface area contributed by atoms with Crippen molar-refractivity contribution < 1.29 is 9.53 Å². The topological polar surface area (TPSA) is 68.5 Å². The lowest BCUT2D eigenvalue weighted by molar-refractivity contribution is 0.0767. The Bertz CT molecular complexity index is 957. The van der Waals surface area contributed by atoms with Gasteiger partial charge in [-0.3, -0.25) is 4.79 Å². The fourth-order valence-electron chi connectivity index (χ4n) is 3.50. The van der Waals surface area contributed by atoms with E-state index in [0.29, 0.717) is 10.6 Å². The molecule has 0 radical (unpaired) electrons. The molecule has 0 saturated carbocycles. The number of anilines is 1. The number of pyridine rings is 1. The number of carbonyl (C=O) groups is 1. The van der Waals surface area contributed by atoms with Gasteiger partial charge in [0.2, 0.25) is 0 Å². The van der Waals surface area contributed by atoms with Crippen molar-refractivity contribution in [1.82, 2.24) is 9.88 Å². The maximum atomic E-state index is 13.0. The zero-order chi connectivity index (χ0) is 18.8. The number of benzene rings is 1. The second kappa shape index (κ2) is 7.56. The van der Waals surface area contributed by atoms with E-state index >= 15 is 0 Å². The van der Waals surface area contributed by atoms with Gasteiger partial charge in [-0.2, -0.15) is 0 Å². The van der Waals surface area contributed by atoms with Crippen LogP contribution in [0.25, 0.3) is 21.5 Å². The number of thiophene rings is 1. The van der Waals surface area contributed by atoms with Gasteiger partial charge in [0.25, 0.3) is 5.91 Å². The maximum Gasteiger partial charge on any atom is 0.266 e. The molecule has 27 heavy (non-hydrogen) atoms. The van der Waals surface area contributed by atoms with Gasteiger partial charge in [0.05, 0.1) is 18.5 Å². The first kappa shape index (κ1) is 17.8. The van der Waals surface area contributed by atoms with E-state index in [2.05, 4.69) is 0 Å². The van der Waals surface area contributed by atoms with Crippen molar-refractivity contribution in [3.8, 4) is 17.0 Å². The second-order valence-corrected chi connectivity index (χ2v) is 7.83. The number of hydrogen-bond acceptors (Lipinski definition) is 5. The second-order valence-electron chi connectivity index (χ2n) is 6.83.